The molecule has 2 aromatic rings. The molecule has 0 saturated heterocycles. The number of nitro benzene ring substituents is 1. The highest BCUT2D eigenvalue weighted by atomic mass is 32.2. The van der Waals surface area contributed by atoms with Gasteiger partial charge in [-0.25, -0.2) is 13.1 Å². The topological polar surface area (TPSA) is 102 Å². The zero-order valence-electron chi connectivity index (χ0n) is 16.4. The molecule has 0 unspecified atom stereocenters. The summed E-state index contributed by atoms with van der Waals surface area (Å²) in [5.74, 6) is 0.611. The van der Waals surface area contributed by atoms with Crippen LogP contribution in [0.2, 0.25) is 0 Å². The molecule has 0 radical (unpaired) electrons. The molecule has 0 bridgehead atoms. The number of nitro groups is 1. The van der Waals surface area contributed by atoms with Crippen LogP contribution in [-0.4, -0.2) is 45.4 Å². The molecule has 0 aliphatic carbocycles. The fraction of sp³-hybridized carbons (Fsp3) is 0.368. The van der Waals surface area contributed by atoms with Gasteiger partial charge in [0.1, 0.15) is 12.4 Å². The third-order valence-corrected chi connectivity index (χ3v) is 5.53. The summed E-state index contributed by atoms with van der Waals surface area (Å²) in [6.07, 6.45) is 0. The first-order valence-corrected chi connectivity index (χ1v) is 10.2. The van der Waals surface area contributed by atoms with Gasteiger partial charge in [0.15, 0.2) is 0 Å². The van der Waals surface area contributed by atoms with Crippen molar-refractivity contribution in [3.63, 3.8) is 0 Å². The van der Waals surface area contributed by atoms with E-state index in [1.807, 2.05) is 51.0 Å². The summed E-state index contributed by atoms with van der Waals surface area (Å²) in [4.78, 5) is 12.2. The van der Waals surface area contributed by atoms with Gasteiger partial charge < -0.3 is 9.64 Å². The van der Waals surface area contributed by atoms with Crippen LogP contribution in [0.15, 0.2) is 41.3 Å². The van der Waals surface area contributed by atoms with Crippen LogP contribution in [0.3, 0.4) is 0 Å². The predicted octanol–water partition coefficient (Wildman–Crippen LogP) is 2.63. The molecule has 0 aliphatic heterocycles. The lowest BCUT2D eigenvalue weighted by atomic mass is 10.1. The summed E-state index contributed by atoms with van der Waals surface area (Å²) in [7, 11) is -0.276. The largest absolute Gasteiger partial charge is 0.489 e. The van der Waals surface area contributed by atoms with Crippen molar-refractivity contribution in [2.75, 3.05) is 27.2 Å². The highest BCUT2D eigenvalue weighted by Gasteiger charge is 2.22. The molecule has 0 amide bonds. The zero-order chi connectivity index (χ0) is 20.9. The molecular weight excluding hydrogens is 382 g/mol. The summed E-state index contributed by atoms with van der Waals surface area (Å²) in [6, 6.07) is 9.46. The summed E-state index contributed by atoms with van der Waals surface area (Å²) >= 11 is 0. The molecule has 9 heteroatoms. The Morgan fingerprint density at radius 1 is 1.11 bits per heavy atom. The molecule has 2 aromatic carbocycles. The number of likely N-dealkylation sites (N-methyl/N-ethyl adjacent to an activating group) is 1. The minimum atomic E-state index is -3.92. The number of nitrogens with one attached hydrogen (secondary N) is 1. The number of hydrogen-bond acceptors (Lipinski definition) is 6. The van der Waals surface area contributed by atoms with Crippen LogP contribution in [0.4, 0.5) is 5.69 Å². The zero-order valence-corrected chi connectivity index (χ0v) is 17.2. The molecule has 0 saturated carbocycles. The van der Waals surface area contributed by atoms with Crippen molar-refractivity contribution < 1.29 is 18.1 Å². The Morgan fingerprint density at radius 3 is 2.32 bits per heavy atom. The maximum atomic E-state index is 12.7. The lowest BCUT2D eigenvalue weighted by molar-refractivity contribution is -0.385. The van der Waals surface area contributed by atoms with Crippen molar-refractivity contribution in [1.82, 2.24) is 9.62 Å². The molecule has 0 atom stereocenters. The van der Waals surface area contributed by atoms with Gasteiger partial charge >= 0.3 is 0 Å². The number of benzene rings is 2. The van der Waals surface area contributed by atoms with Gasteiger partial charge in [0.25, 0.3) is 5.69 Å². The average molecular weight is 407 g/mol. The Balaban J connectivity index is 2.31. The van der Waals surface area contributed by atoms with Gasteiger partial charge in [-0.1, -0.05) is 6.07 Å². The van der Waals surface area contributed by atoms with Crippen molar-refractivity contribution >= 4 is 15.7 Å². The normalized spacial score (nSPS) is 11.6. The predicted molar refractivity (Wildman–Crippen MR) is 107 cm³/mol. The number of non-ortho nitro benzene ring substituents is 1. The minimum absolute atomic E-state index is 0.0230. The average Bonchev–Trinajstić information content (AvgIpc) is 2.58. The van der Waals surface area contributed by atoms with Gasteiger partial charge in [-0.2, -0.15) is 0 Å². The van der Waals surface area contributed by atoms with E-state index >= 15 is 0 Å². The molecule has 0 aromatic heterocycles. The maximum Gasteiger partial charge on any atom is 0.270 e. The fourth-order valence-corrected chi connectivity index (χ4v) is 3.95. The van der Waals surface area contributed by atoms with Crippen LogP contribution < -0.4 is 9.46 Å². The van der Waals surface area contributed by atoms with Crippen LogP contribution in [-0.2, 0) is 16.6 Å². The quantitative estimate of drug-likeness (QED) is 0.506. The Kier molecular flexibility index (Phi) is 7.11. The highest BCUT2D eigenvalue weighted by Crippen LogP contribution is 2.24. The number of rotatable bonds is 9. The SMILES string of the molecule is Cc1cc(C)cc(OCc2ccc([N+](=O)[O-])cc2S(=O)(=O)NCCN(C)C)c1. The summed E-state index contributed by atoms with van der Waals surface area (Å²) in [5.41, 5.74) is 2.11. The first kappa shape index (κ1) is 21.8. The monoisotopic (exact) mass is 407 g/mol. The van der Waals surface area contributed by atoms with E-state index in [1.165, 1.54) is 12.1 Å². The maximum absolute atomic E-state index is 12.7. The lowest BCUT2D eigenvalue weighted by Gasteiger charge is -2.14. The third kappa shape index (κ3) is 6.01. The van der Waals surface area contributed by atoms with Gasteiger partial charge in [0.2, 0.25) is 10.0 Å². The number of nitrogens with zero attached hydrogens (tertiary/aromatic N) is 2. The van der Waals surface area contributed by atoms with Gasteiger partial charge in [0.05, 0.1) is 9.82 Å². The lowest BCUT2D eigenvalue weighted by Crippen LogP contribution is -2.32. The van der Waals surface area contributed by atoms with E-state index in [1.54, 1.807) is 0 Å². The fourth-order valence-electron chi connectivity index (χ4n) is 2.68. The van der Waals surface area contributed by atoms with E-state index in [9.17, 15) is 18.5 Å². The molecule has 2 rings (SSSR count). The molecule has 0 aliphatic rings. The summed E-state index contributed by atoms with van der Waals surface area (Å²) < 4.78 is 33.7. The van der Waals surface area contributed by atoms with Crippen molar-refractivity contribution in [2.45, 2.75) is 25.3 Å². The van der Waals surface area contributed by atoms with Crippen LogP contribution in [0.25, 0.3) is 0 Å². The van der Waals surface area contributed by atoms with Crippen LogP contribution in [0.1, 0.15) is 16.7 Å². The van der Waals surface area contributed by atoms with E-state index in [0.29, 0.717) is 17.9 Å². The van der Waals surface area contributed by atoms with Crippen LogP contribution >= 0.6 is 0 Å². The first-order valence-electron chi connectivity index (χ1n) is 8.71. The van der Waals surface area contributed by atoms with E-state index in [4.69, 9.17) is 4.74 Å². The Bertz CT molecular complexity index is 938. The van der Waals surface area contributed by atoms with Gasteiger partial charge in [-0.05, 0) is 57.3 Å². The Hall–Kier alpha value is -2.49. The Morgan fingerprint density at radius 2 is 1.75 bits per heavy atom. The van der Waals surface area contributed by atoms with Crippen LogP contribution in [0, 0.1) is 24.0 Å². The van der Waals surface area contributed by atoms with Crippen molar-refractivity contribution in [3.8, 4) is 5.75 Å². The smallest absolute Gasteiger partial charge is 0.270 e. The van der Waals surface area contributed by atoms with E-state index in [2.05, 4.69) is 4.72 Å². The minimum Gasteiger partial charge on any atom is -0.489 e. The molecular formula is C19H25N3O5S. The van der Waals surface area contributed by atoms with Crippen LogP contribution in [0.5, 0.6) is 5.75 Å². The number of ether oxygens (including phenoxy) is 1. The molecule has 1 N–H and O–H groups in total. The van der Waals surface area contributed by atoms with Crippen molar-refractivity contribution in [3.05, 3.63) is 63.2 Å². The van der Waals surface area contributed by atoms with Gasteiger partial charge in [-0.15, -0.1) is 0 Å². The summed E-state index contributed by atoms with van der Waals surface area (Å²) in [5, 5.41) is 11.1. The molecule has 152 valence electrons. The molecule has 28 heavy (non-hydrogen) atoms. The van der Waals surface area contributed by atoms with Gasteiger partial charge in [-0.3, -0.25) is 10.1 Å². The molecule has 0 heterocycles. The second kappa shape index (κ2) is 9.13. The third-order valence-electron chi connectivity index (χ3n) is 3.99. The number of aryl methyl sites for hydroxylation is 2. The van der Waals surface area contributed by atoms with Crippen molar-refractivity contribution in [2.24, 2.45) is 0 Å². The van der Waals surface area contributed by atoms with Crippen molar-refractivity contribution in [1.29, 1.82) is 0 Å². The second-order valence-corrected chi connectivity index (χ2v) is 8.60. The number of sulfonamides is 1. The van der Waals surface area contributed by atoms with E-state index in [0.717, 1.165) is 17.2 Å². The standard InChI is InChI=1S/C19H25N3O5S/c1-14-9-15(2)11-18(10-14)27-13-16-5-6-17(22(23)24)12-19(16)28(25,26)20-7-8-21(3)4/h5-6,9-12,20H,7-8,13H2,1-4H3. The second-order valence-electron chi connectivity index (χ2n) is 6.86. The summed E-state index contributed by atoms with van der Waals surface area (Å²) in [6.45, 7) is 4.55. The van der Waals surface area contributed by atoms with E-state index < -0.39 is 14.9 Å². The molecule has 8 nitrogen and oxygen atoms in total. The van der Waals surface area contributed by atoms with E-state index in [-0.39, 0.29) is 23.7 Å². The molecule has 0 fully saturated rings. The highest BCUT2D eigenvalue weighted by molar-refractivity contribution is 7.89. The van der Waals surface area contributed by atoms with Gasteiger partial charge in [0, 0.05) is 30.8 Å². The Labute approximate surface area is 165 Å². The first-order chi connectivity index (χ1) is 13.1. The molecule has 0 spiro atoms. The number of hydrogen-bond donors (Lipinski definition) is 1.